The maximum Gasteiger partial charge on any atom is 0.282 e. The average molecular weight is 317 g/mol. The molecule has 0 amide bonds. The second-order valence-corrected chi connectivity index (χ2v) is 8.64. The molecular weight excluding hydrogens is 286 g/mol. The minimum Gasteiger partial charge on any atom is -0.314 e. The SMILES string of the molecule is CCCN(C(C)C)S(=O)(=O)N1CCCC(CNC2CC2)C1. The first-order chi connectivity index (χ1) is 9.95. The molecule has 2 fully saturated rings. The van der Waals surface area contributed by atoms with Crippen LogP contribution in [0, 0.1) is 5.92 Å². The monoisotopic (exact) mass is 317 g/mol. The maximum absolute atomic E-state index is 12.8. The highest BCUT2D eigenvalue weighted by Crippen LogP contribution is 2.24. The minimum atomic E-state index is -3.30. The first-order valence-electron chi connectivity index (χ1n) is 8.45. The second-order valence-electron chi connectivity index (χ2n) is 6.76. The molecule has 0 spiro atoms. The molecule has 1 aliphatic heterocycles. The van der Waals surface area contributed by atoms with E-state index in [-0.39, 0.29) is 6.04 Å². The molecule has 1 N–H and O–H groups in total. The Morgan fingerprint density at radius 1 is 1.29 bits per heavy atom. The van der Waals surface area contributed by atoms with E-state index in [0.717, 1.165) is 25.8 Å². The Bertz CT molecular complexity index is 421. The van der Waals surface area contributed by atoms with Crippen LogP contribution in [0.3, 0.4) is 0 Å². The van der Waals surface area contributed by atoms with E-state index in [1.807, 2.05) is 20.8 Å². The van der Waals surface area contributed by atoms with Crippen LogP contribution in [0.5, 0.6) is 0 Å². The Hall–Kier alpha value is -0.170. The molecular formula is C15H31N3O2S. The lowest BCUT2D eigenvalue weighted by Gasteiger charge is -2.37. The fraction of sp³-hybridized carbons (Fsp3) is 1.00. The largest absolute Gasteiger partial charge is 0.314 e. The van der Waals surface area contributed by atoms with E-state index in [0.29, 0.717) is 31.6 Å². The van der Waals surface area contributed by atoms with Crippen molar-refractivity contribution in [2.45, 2.75) is 65.0 Å². The molecule has 1 aliphatic carbocycles. The van der Waals surface area contributed by atoms with Gasteiger partial charge in [-0.1, -0.05) is 6.92 Å². The normalized spacial score (nSPS) is 24.9. The zero-order valence-corrected chi connectivity index (χ0v) is 14.5. The Balaban J connectivity index is 1.96. The first-order valence-corrected chi connectivity index (χ1v) is 9.85. The lowest BCUT2D eigenvalue weighted by Crippen LogP contribution is -2.51. The van der Waals surface area contributed by atoms with E-state index in [9.17, 15) is 8.42 Å². The van der Waals surface area contributed by atoms with Crippen LogP contribution in [0.4, 0.5) is 0 Å². The van der Waals surface area contributed by atoms with Crippen molar-refractivity contribution in [3.05, 3.63) is 0 Å². The zero-order chi connectivity index (χ0) is 15.5. The third-order valence-electron chi connectivity index (χ3n) is 4.40. The number of rotatable bonds is 8. The molecule has 1 saturated heterocycles. The van der Waals surface area contributed by atoms with Gasteiger partial charge in [0, 0.05) is 31.7 Å². The molecule has 0 aromatic heterocycles. The first kappa shape index (κ1) is 17.2. The quantitative estimate of drug-likeness (QED) is 0.743. The smallest absolute Gasteiger partial charge is 0.282 e. The number of hydrogen-bond donors (Lipinski definition) is 1. The Morgan fingerprint density at radius 2 is 2.00 bits per heavy atom. The van der Waals surface area contributed by atoms with Crippen LogP contribution in [-0.2, 0) is 10.2 Å². The van der Waals surface area contributed by atoms with Gasteiger partial charge in [0.05, 0.1) is 0 Å². The molecule has 2 rings (SSSR count). The van der Waals surface area contributed by atoms with Gasteiger partial charge in [0.1, 0.15) is 0 Å². The molecule has 2 aliphatic rings. The van der Waals surface area contributed by atoms with E-state index < -0.39 is 10.2 Å². The third kappa shape index (κ3) is 4.65. The van der Waals surface area contributed by atoms with Crippen LogP contribution in [0.15, 0.2) is 0 Å². The highest BCUT2D eigenvalue weighted by atomic mass is 32.2. The number of nitrogens with one attached hydrogen (secondary N) is 1. The third-order valence-corrected chi connectivity index (χ3v) is 6.58. The molecule has 1 heterocycles. The van der Waals surface area contributed by atoms with Crippen LogP contribution in [0.1, 0.15) is 52.9 Å². The maximum atomic E-state index is 12.8. The highest BCUT2D eigenvalue weighted by Gasteiger charge is 2.34. The van der Waals surface area contributed by atoms with E-state index in [2.05, 4.69) is 5.32 Å². The Morgan fingerprint density at radius 3 is 2.57 bits per heavy atom. The molecule has 0 radical (unpaired) electrons. The van der Waals surface area contributed by atoms with E-state index in [1.54, 1.807) is 8.61 Å². The van der Waals surface area contributed by atoms with Crippen molar-refractivity contribution in [1.29, 1.82) is 0 Å². The fourth-order valence-electron chi connectivity index (χ4n) is 3.03. The molecule has 1 atom stereocenters. The predicted octanol–water partition coefficient (Wildman–Crippen LogP) is 1.82. The van der Waals surface area contributed by atoms with Gasteiger partial charge in [0.2, 0.25) is 0 Å². The van der Waals surface area contributed by atoms with Crippen LogP contribution < -0.4 is 5.32 Å². The Kier molecular flexibility index (Phi) is 6.05. The van der Waals surface area contributed by atoms with Gasteiger partial charge in [-0.15, -0.1) is 0 Å². The molecule has 0 bridgehead atoms. The van der Waals surface area contributed by atoms with Crippen LogP contribution >= 0.6 is 0 Å². The molecule has 21 heavy (non-hydrogen) atoms. The molecule has 1 unspecified atom stereocenters. The highest BCUT2D eigenvalue weighted by molar-refractivity contribution is 7.86. The van der Waals surface area contributed by atoms with E-state index in [4.69, 9.17) is 0 Å². The van der Waals surface area contributed by atoms with Crippen LogP contribution in [-0.4, -0.2) is 55.3 Å². The summed E-state index contributed by atoms with van der Waals surface area (Å²) in [6.45, 7) is 8.88. The lowest BCUT2D eigenvalue weighted by molar-refractivity contribution is 0.233. The lowest BCUT2D eigenvalue weighted by atomic mass is 10.00. The number of piperidine rings is 1. The Labute approximate surface area is 130 Å². The summed E-state index contributed by atoms with van der Waals surface area (Å²) in [5.41, 5.74) is 0. The second kappa shape index (κ2) is 7.40. The molecule has 0 aromatic rings. The molecule has 124 valence electrons. The zero-order valence-electron chi connectivity index (χ0n) is 13.7. The number of nitrogens with zero attached hydrogens (tertiary/aromatic N) is 2. The van der Waals surface area contributed by atoms with Crippen molar-refractivity contribution in [2.75, 3.05) is 26.2 Å². The minimum absolute atomic E-state index is 0.0277. The van der Waals surface area contributed by atoms with Crippen molar-refractivity contribution in [1.82, 2.24) is 13.9 Å². The van der Waals surface area contributed by atoms with Crippen molar-refractivity contribution in [2.24, 2.45) is 5.92 Å². The summed E-state index contributed by atoms with van der Waals surface area (Å²) in [4.78, 5) is 0. The predicted molar refractivity (Wildman–Crippen MR) is 86.4 cm³/mol. The van der Waals surface area contributed by atoms with E-state index in [1.165, 1.54) is 12.8 Å². The van der Waals surface area contributed by atoms with Crippen molar-refractivity contribution < 1.29 is 8.42 Å². The van der Waals surface area contributed by atoms with Gasteiger partial charge >= 0.3 is 0 Å². The summed E-state index contributed by atoms with van der Waals surface area (Å²) in [6, 6.07) is 0.726. The summed E-state index contributed by atoms with van der Waals surface area (Å²) in [7, 11) is -3.30. The van der Waals surface area contributed by atoms with Gasteiger partial charge in [-0.05, 0) is 58.4 Å². The van der Waals surface area contributed by atoms with Gasteiger partial charge in [-0.2, -0.15) is 17.0 Å². The summed E-state index contributed by atoms with van der Waals surface area (Å²) in [6.07, 6.45) is 5.55. The standard InChI is InChI=1S/C15H31N3O2S/c1-4-9-18(13(2)3)21(19,20)17-10-5-6-14(12-17)11-16-15-7-8-15/h13-16H,4-12H2,1-3H3. The van der Waals surface area contributed by atoms with Crippen LogP contribution in [0.2, 0.25) is 0 Å². The van der Waals surface area contributed by atoms with E-state index >= 15 is 0 Å². The van der Waals surface area contributed by atoms with Gasteiger partial charge < -0.3 is 5.32 Å². The van der Waals surface area contributed by atoms with Gasteiger partial charge in [-0.25, -0.2) is 0 Å². The molecule has 6 heteroatoms. The summed E-state index contributed by atoms with van der Waals surface area (Å²) >= 11 is 0. The molecule has 5 nitrogen and oxygen atoms in total. The van der Waals surface area contributed by atoms with Crippen molar-refractivity contribution in [3.63, 3.8) is 0 Å². The fourth-order valence-corrected chi connectivity index (χ4v) is 5.03. The summed E-state index contributed by atoms with van der Waals surface area (Å²) in [5.74, 6) is 0.463. The summed E-state index contributed by atoms with van der Waals surface area (Å²) < 4.78 is 29.1. The van der Waals surface area contributed by atoms with Gasteiger partial charge in [-0.3, -0.25) is 0 Å². The molecule has 1 saturated carbocycles. The van der Waals surface area contributed by atoms with Crippen molar-refractivity contribution >= 4 is 10.2 Å². The average Bonchev–Trinajstić information content (AvgIpc) is 3.26. The van der Waals surface area contributed by atoms with Crippen LogP contribution in [0.25, 0.3) is 0 Å². The molecule has 0 aromatic carbocycles. The summed E-state index contributed by atoms with van der Waals surface area (Å²) in [5, 5.41) is 3.54. The topological polar surface area (TPSA) is 52.7 Å². The number of hydrogen-bond acceptors (Lipinski definition) is 3. The van der Waals surface area contributed by atoms with Crippen molar-refractivity contribution in [3.8, 4) is 0 Å². The van der Waals surface area contributed by atoms with Gasteiger partial charge in [0.15, 0.2) is 0 Å². The van der Waals surface area contributed by atoms with Gasteiger partial charge in [0.25, 0.3) is 10.2 Å².